The maximum absolute atomic E-state index is 14.3. The molecule has 1 aromatic heterocycles. The van der Waals surface area contributed by atoms with Crippen molar-refractivity contribution in [2.75, 3.05) is 13.7 Å². The average molecular weight is 516 g/mol. The van der Waals surface area contributed by atoms with Crippen molar-refractivity contribution < 1.29 is 19.0 Å². The van der Waals surface area contributed by atoms with Crippen LogP contribution in [0, 0.1) is 5.92 Å². The number of hydrogen-bond donors (Lipinski definition) is 1. The largest absolute Gasteiger partial charge is 0.493 e. The number of nitrogens with one attached hydrogen (secondary N) is 1. The Morgan fingerprint density at radius 1 is 1.16 bits per heavy atom. The predicted octanol–water partition coefficient (Wildman–Crippen LogP) is 5.87. The van der Waals surface area contributed by atoms with E-state index in [4.69, 9.17) is 19.2 Å². The molecule has 1 saturated heterocycles. The van der Waals surface area contributed by atoms with Crippen LogP contribution in [0.3, 0.4) is 0 Å². The molecule has 0 radical (unpaired) electrons. The predicted molar refractivity (Wildman–Crippen MR) is 147 cm³/mol. The number of carbonyl (C=O) groups is 1. The highest BCUT2D eigenvalue weighted by Crippen LogP contribution is 2.47. The van der Waals surface area contributed by atoms with Gasteiger partial charge in [-0.25, -0.2) is 0 Å². The lowest BCUT2D eigenvalue weighted by molar-refractivity contribution is -0.0439. The maximum Gasteiger partial charge on any atom is 0.254 e. The smallest absolute Gasteiger partial charge is 0.254 e. The first-order valence-electron chi connectivity index (χ1n) is 13.8. The SMILES string of the molecule is COc1cc(C(=O)N(C[C@@H]2C[C@@H]3CCCC[C@@H]3N2)[C@@H](C)c2cc3ccccc3cn2)cc2c1OC(C)(C)O2. The molecule has 3 aromatic rings. The molecule has 0 bridgehead atoms. The molecule has 1 saturated carbocycles. The fourth-order valence-electron chi connectivity index (χ4n) is 6.44. The second-order valence-electron chi connectivity index (χ2n) is 11.4. The fourth-order valence-corrected chi connectivity index (χ4v) is 6.44. The van der Waals surface area contributed by atoms with Crippen molar-refractivity contribution in [1.29, 1.82) is 0 Å². The molecule has 1 N–H and O–H groups in total. The summed E-state index contributed by atoms with van der Waals surface area (Å²) in [5, 5.41) is 6.07. The number of hydrogen-bond acceptors (Lipinski definition) is 6. The molecule has 38 heavy (non-hydrogen) atoms. The van der Waals surface area contributed by atoms with E-state index in [0.717, 1.165) is 22.9 Å². The van der Waals surface area contributed by atoms with Gasteiger partial charge in [0.25, 0.3) is 5.91 Å². The molecule has 0 spiro atoms. The van der Waals surface area contributed by atoms with Crippen molar-refractivity contribution in [2.45, 2.75) is 76.8 Å². The van der Waals surface area contributed by atoms with Crippen molar-refractivity contribution in [3.63, 3.8) is 0 Å². The molecule has 6 rings (SSSR count). The Bertz CT molecular complexity index is 1340. The van der Waals surface area contributed by atoms with Crippen LogP contribution in [-0.2, 0) is 0 Å². The third-order valence-corrected chi connectivity index (χ3v) is 8.36. The quantitative estimate of drug-likeness (QED) is 0.442. The number of carbonyl (C=O) groups excluding carboxylic acids is 1. The third kappa shape index (κ3) is 4.68. The van der Waals surface area contributed by atoms with Crippen LogP contribution in [0.2, 0.25) is 0 Å². The molecule has 4 atom stereocenters. The summed E-state index contributed by atoms with van der Waals surface area (Å²) in [5.41, 5.74) is 1.39. The van der Waals surface area contributed by atoms with Gasteiger partial charge in [0.15, 0.2) is 11.5 Å². The second kappa shape index (κ2) is 9.77. The first kappa shape index (κ1) is 25.0. The molecule has 2 fully saturated rings. The Kier molecular flexibility index (Phi) is 6.42. The van der Waals surface area contributed by atoms with Crippen LogP contribution >= 0.6 is 0 Å². The Morgan fingerprint density at radius 3 is 2.74 bits per heavy atom. The molecule has 2 aliphatic heterocycles. The van der Waals surface area contributed by atoms with Crippen molar-refractivity contribution in [3.05, 3.63) is 59.9 Å². The van der Waals surface area contributed by atoms with Gasteiger partial charge in [0, 0.05) is 49.6 Å². The number of methoxy groups -OCH3 is 1. The molecule has 1 amide bonds. The van der Waals surface area contributed by atoms with E-state index in [2.05, 4.69) is 30.4 Å². The highest BCUT2D eigenvalue weighted by atomic mass is 16.7. The number of ether oxygens (including phenoxy) is 3. The van der Waals surface area contributed by atoms with Crippen molar-refractivity contribution >= 4 is 16.7 Å². The van der Waals surface area contributed by atoms with Crippen molar-refractivity contribution in [2.24, 2.45) is 5.92 Å². The highest BCUT2D eigenvalue weighted by Gasteiger charge is 2.39. The van der Waals surface area contributed by atoms with Gasteiger partial charge >= 0.3 is 0 Å². The van der Waals surface area contributed by atoms with E-state index in [1.54, 1.807) is 19.2 Å². The fraction of sp³-hybridized carbons (Fsp3) is 0.484. The topological polar surface area (TPSA) is 72.9 Å². The van der Waals surface area contributed by atoms with E-state index in [1.807, 2.05) is 37.1 Å². The third-order valence-electron chi connectivity index (χ3n) is 8.36. The number of aromatic nitrogens is 1. The van der Waals surface area contributed by atoms with Gasteiger partial charge < -0.3 is 24.4 Å². The average Bonchev–Trinajstić information content (AvgIpc) is 3.48. The maximum atomic E-state index is 14.3. The van der Waals surface area contributed by atoms with E-state index in [9.17, 15) is 4.79 Å². The molecule has 7 nitrogen and oxygen atoms in total. The van der Waals surface area contributed by atoms with Crippen LogP contribution in [-0.4, -0.2) is 47.3 Å². The van der Waals surface area contributed by atoms with Crippen LogP contribution in [0.5, 0.6) is 17.2 Å². The lowest BCUT2D eigenvalue weighted by Gasteiger charge is -2.32. The number of fused-ring (bicyclic) bond motifs is 3. The summed E-state index contributed by atoms with van der Waals surface area (Å²) in [6.07, 6.45) is 8.10. The summed E-state index contributed by atoms with van der Waals surface area (Å²) >= 11 is 0. The molecule has 7 heteroatoms. The number of nitrogens with zero attached hydrogens (tertiary/aromatic N) is 2. The second-order valence-corrected chi connectivity index (χ2v) is 11.4. The van der Waals surface area contributed by atoms with Gasteiger partial charge in [-0.3, -0.25) is 9.78 Å². The monoisotopic (exact) mass is 515 g/mol. The van der Waals surface area contributed by atoms with E-state index in [-0.39, 0.29) is 18.0 Å². The van der Waals surface area contributed by atoms with E-state index < -0.39 is 5.79 Å². The zero-order chi connectivity index (χ0) is 26.4. The Morgan fingerprint density at radius 2 is 1.95 bits per heavy atom. The van der Waals surface area contributed by atoms with Gasteiger partial charge in [-0.2, -0.15) is 0 Å². The summed E-state index contributed by atoms with van der Waals surface area (Å²) in [6.45, 7) is 6.38. The van der Waals surface area contributed by atoms with Crippen LogP contribution in [0.1, 0.15) is 75.0 Å². The van der Waals surface area contributed by atoms with Crippen molar-refractivity contribution in [1.82, 2.24) is 15.2 Å². The summed E-state index contributed by atoms with van der Waals surface area (Å²) in [6, 6.07) is 14.4. The van der Waals surface area contributed by atoms with Crippen molar-refractivity contribution in [3.8, 4) is 17.2 Å². The lowest BCUT2D eigenvalue weighted by atomic mass is 9.85. The van der Waals surface area contributed by atoms with Gasteiger partial charge in [0.05, 0.1) is 18.8 Å². The van der Waals surface area contributed by atoms with Gasteiger partial charge in [0.1, 0.15) is 0 Å². The molecule has 3 aliphatic rings. The van der Waals surface area contributed by atoms with Gasteiger partial charge in [-0.15, -0.1) is 0 Å². The minimum atomic E-state index is -0.816. The first-order chi connectivity index (χ1) is 18.3. The van der Waals surface area contributed by atoms with Gasteiger partial charge in [-0.1, -0.05) is 37.1 Å². The van der Waals surface area contributed by atoms with E-state index >= 15 is 0 Å². The molecular weight excluding hydrogens is 478 g/mol. The highest BCUT2D eigenvalue weighted by molar-refractivity contribution is 5.96. The standard InChI is InChI=1S/C31H37N3O4/c1-19(26-14-20-9-5-6-11-22(20)17-32-26)34(18-24-13-21-10-7-8-12-25(21)33-24)30(35)23-15-27(36-4)29-28(16-23)37-31(2,3)38-29/h5-6,9,11,14-17,19,21,24-25,33H,7-8,10,12-13,18H2,1-4H3/t19-,21-,24-,25-/m0/s1. The zero-order valence-corrected chi connectivity index (χ0v) is 22.7. The van der Waals surface area contributed by atoms with Gasteiger partial charge in [0.2, 0.25) is 11.5 Å². The normalized spacial score (nSPS) is 24.2. The van der Waals surface area contributed by atoms with E-state index in [1.165, 1.54) is 25.7 Å². The molecule has 200 valence electrons. The molecule has 2 aromatic carbocycles. The minimum absolute atomic E-state index is 0.0708. The summed E-state index contributed by atoms with van der Waals surface area (Å²) in [7, 11) is 1.59. The summed E-state index contributed by atoms with van der Waals surface area (Å²) in [5.74, 6) is 1.37. The lowest BCUT2D eigenvalue weighted by Crippen LogP contribution is -2.44. The Labute approximate surface area is 224 Å². The molecule has 0 unspecified atom stereocenters. The first-order valence-corrected chi connectivity index (χ1v) is 13.8. The van der Waals surface area contributed by atoms with Crippen LogP contribution < -0.4 is 19.5 Å². The molecule has 1 aliphatic carbocycles. The number of rotatable bonds is 6. The number of benzene rings is 2. The van der Waals surface area contributed by atoms with Crippen LogP contribution in [0.4, 0.5) is 0 Å². The molecular formula is C31H37N3O4. The Hall–Kier alpha value is -3.32. The minimum Gasteiger partial charge on any atom is -0.493 e. The number of pyridine rings is 1. The van der Waals surface area contributed by atoms with Crippen LogP contribution in [0.25, 0.3) is 10.8 Å². The van der Waals surface area contributed by atoms with E-state index in [0.29, 0.717) is 41.3 Å². The number of amides is 1. The summed E-state index contributed by atoms with van der Waals surface area (Å²) < 4.78 is 17.6. The van der Waals surface area contributed by atoms with Gasteiger partial charge in [-0.05, 0) is 55.7 Å². The summed E-state index contributed by atoms with van der Waals surface area (Å²) in [4.78, 5) is 21.0. The van der Waals surface area contributed by atoms with Crippen LogP contribution in [0.15, 0.2) is 48.7 Å². The zero-order valence-electron chi connectivity index (χ0n) is 22.7. The Balaban J connectivity index is 1.34. The molecule has 3 heterocycles.